The Kier molecular flexibility index (Phi) is 3.12. The van der Waals surface area contributed by atoms with Crippen molar-refractivity contribution in [3.8, 4) is 0 Å². The van der Waals surface area contributed by atoms with Gasteiger partial charge in [-0.2, -0.15) is 0 Å². The summed E-state index contributed by atoms with van der Waals surface area (Å²) in [6.45, 7) is 5.47. The van der Waals surface area contributed by atoms with Crippen molar-refractivity contribution in [2.45, 2.75) is 34.3 Å². The molecule has 0 spiro atoms. The maximum Gasteiger partial charge on any atom is 0.176 e. The lowest BCUT2D eigenvalue weighted by Crippen LogP contribution is -2.52. The van der Waals surface area contributed by atoms with Gasteiger partial charge in [-0.15, -0.1) is 11.6 Å². The van der Waals surface area contributed by atoms with E-state index in [0.29, 0.717) is 5.03 Å². The molecule has 2 bridgehead atoms. The fraction of sp³-hybridized carbons (Fsp3) is 0.800. The highest BCUT2D eigenvalue weighted by atomic mass is 35.5. The molecule has 0 saturated heterocycles. The molecule has 0 radical (unpaired) electrons. The second-order valence-corrected chi connectivity index (χ2v) is 9.16. The summed E-state index contributed by atoms with van der Waals surface area (Å²) in [6, 6.07) is 0. The normalized spacial score (nSPS) is 45.5. The van der Waals surface area contributed by atoms with Crippen LogP contribution in [0.2, 0.25) is 0 Å². The second-order valence-electron chi connectivity index (χ2n) is 5.19. The van der Waals surface area contributed by atoms with Crippen LogP contribution < -0.4 is 0 Å². The Morgan fingerprint density at radius 3 is 1.41 bits per heavy atom. The van der Waals surface area contributed by atoms with Gasteiger partial charge in [0.25, 0.3) is 0 Å². The highest BCUT2D eigenvalue weighted by Crippen LogP contribution is 2.85. The molecule has 0 amide bonds. The number of halogens is 7. The average molecular weight is 377 g/mol. The van der Waals surface area contributed by atoms with Crippen LogP contribution in [0.1, 0.15) is 20.8 Å². The number of hydrogen-bond donors (Lipinski definition) is 0. The van der Waals surface area contributed by atoms with Gasteiger partial charge in [0, 0.05) is 15.9 Å². The summed E-state index contributed by atoms with van der Waals surface area (Å²) in [4.78, 5) is -1.32. The summed E-state index contributed by atoms with van der Waals surface area (Å²) < 4.78 is -3.18. The van der Waals surface area contributed by atoms with E-state index in [1.807, 2.05) is 13.8 Å². The van der Waals surface area contributed by atoms with Gasteiger partial charge < -0.3 is 0 Å². The van der Waals surface area contributed by atoms with Crippen molar-refractivity contribution >= 4 is 81.2 Å². The minimum Gasteiger partial charge on any atom is -0.109 e. The van der Waals surface area contributed by atoms with Crippen LogP contribution in [0, 0.1) is 10.8 Å². The molecule has 2 rings (SSSR count). The first-order valence-corrected chi connectivity index (χ1v) is 7.47. The Morgan fingerprint density at radius 2 is 1.12 bits per heavy atom. The molecule has 0 aromatic heterocycles. The molecule has 0 N–H and O–H groups in total. The van der Waals surface area contributed by atoms with E-state index in [1.54, 1.807) is 6.92 Å². The molecular formula is C10H9Cl7. The quantitative estimate of drug-likeness (QED) is 0.450. The molecular weight excluding hydrogens is 368 g/mol. The van der Waals surface area contributed by atoms with Gasteiger partial charge in [0.1, 0.15) is 4.87 Å². The number of hydrogen-bond acceptors (Lipinski definition) is 0. The topological polar surface area (TPSA) is 0 Å². The average Bonchev–Trinajstić information content (AvgIpc) is 2.33. The molecule has 2 aliphatic carbocycles. The van der Waals surface area contributed by atoms with Crippen molar-refractivity contribution < 1.29 is 0 Å². The number of rotatable bonds is 0. The summed E-state index contributed by atoms with van der Waals surface area (Å²) in [5, 5.41) is 0.538. The minimum absolute atomic E-state index is 0.218. The first kappa shape index (κ1) is 15.2. The highest BCUT2D eigenvalue weighted by Gasteiger charge is 2.88. The largest absolute Gasteiger partial charge is 0.176 e. The monoisotopic (exact) mass is 374 g/mol. The van der Waals surface area contributed by atoms with E-state index in [9.17, 15) is 0 Å². The molecule has 2 atom stereocenters. The molecule has 7 heteroatoms. The van der Waals surface area contributed by atoms with Crippen molar-refractivity contribution in [3.05, 3.63) is 10.1 Å². The van der Waals surface area contributed by atoms with E-state index < -0.39 is 24.4 Å². The smallest absolute Gasteiger partial charge is 0.109 e. The van der Waals surface area contributed by atoms with Crippen LogP contribution in [0.4, 0.5) is 0 Å². The van der Waals surface area contributed by atoms with Gasteiger partial charge in [-0.3, -0.25) is 0 Å². The van der Waals surface area contributed by atoms with E-state index in [-0.39, 0.29) is 5.03 Å². The summed E-state index contributed by atoms with van der Waals surface area (Å²) in [7, 11) is 0. The SMILES string of the molecule is CC1(C)C2(C)C(Cl)=C(Cl)C1(Cl)C(Cl)(Cl)C2(Cl)Cl. The van der Waals surface area contributed by atoms with Crippen LogP contribution in [-0.2, 0) is 0 Å². The molecule has 17 heavy (non-hydrogen) atoms. The van der Waals surface area contributed by atoms with Gasteiger partial charge in [0.05, 0.1) is 5.03 Å². The van der Waals surface area contributed by atoms with Gasteiger partial charge in [0.2, 0.25) is 0 Å². The molecule has 0 heterocycles. The van der Waals surface area contributed by atoms with Crippen LogP contribution in [0.5, 0.6) is 0 Å². The van der Waals surface area contributed by atoms with Crippen LogP contribution in [0.25, 0.3) is 0 Å². The summed E-state index contributed by atoms with van der Waals surface area (Å²) in [5.74, 6) is 0. The molecule has 1 fully saturated rings. The van der Waals surface area contributed by atoms with E-state index in [4.69, 9.17) is 81.2 Å². The maximum absolute atomic E-state index is 6.59. The Hall–Kier alpha value is 1.77. The van der Waals surface area contributed by atoms with Crippen LogP contribution >= 0.6 is 81.2 Å². The van der Waals surface area contributed by atoms with Gasteiger partial charge in [0.15, 0.2) is 8.67 Å². The summed E-state index contributed by atoms with van der Waals surface area (Å²) >= 11 is 44.5. The third kappa shape index (κ3) is 1.12. The molecule has 0 aromatic carbocycles. The highest BCUT2D eigenvalue weighted by molar-refractivity contribution is 6.69. The first-order valence-electron chi connectivity index (χ1n) is 4.82. The zero-order valence-electron chi connectivity index (χ0n) is 9.15. The van der Waals surface area contributed by atoms with Gasteiger partial charge in [-0.25, -0.2) is 0 Å². The summed E-state index contributed by atoms with van der Waals surface area (Å²) in [6.07, 6.45) is 0. The molecule has 0 nitrogen and oxygen atoms in total. The Morgan fingerprint density at radius 1 is 0.706 bits per heavy atom. The second kappa shape index (κ2) is 3.50. The molecule has 98 valence electrons. The standard InChI is InChI=1S/C10H9Cl7/c1-6(2)7(3)4(11)5(12)8(6,13)10(16,17)9(7,14)15/h1-3H3. The Labute approximate surface area is 135 Å². The predicted octanol–water partition coefficient (Wildman–Crippen LogP) is 6.06. The van der Waals surface area contributed by atoms with E-state index >= 15 is 0 Å². The van der Waals surface area contributed by atoms with Crippen molar-refractivity contribution in [2.24, 2.45) is 10.8 Å². The van der Waals surface area contributed by atoms with Crippen molar-refractivity contribution in [1.82, 2.24) is 0 Å². The molecule has 0 aromatic rings. The van der Waals surface area contributed by atoms with E-state index in [0.717, 1.165) is 0 Å². The van der Waals surface area contributed by atoms with Crippen molar-refractivity contribution in [2.75, 3.05) is 0 Å². The third-order valence-electron chi connectivity index (χ3n) is 4.50. The fourth-order valence-corrected chi connectivity index (χ4v) is 6.69. The molecule has 1 saturated carbocycles. The Bertz CT molecular complexity index is 398. The maximum atomic E-state index is 6.59. The number of allylic oxidation sites excluding steroid dienone is 2. The fourth-order valence-electron chi connectivity index (χ4n) is 2.85. The zero-order valence-corrected chi connectivity index (χ0v) is 14.4. The van der Waals surface area contributed by atoms with Crippen LogP contribution in [0.15, 0.2) is 10.1 Å². The first-order chi connectivity index (χ1) is 7.32. The van der Waals surface area contributed by atoms with Crippen LogP contribution in [0.3, 0.4) is 0 Å². The van der Waals surface area contributed by atoms with E-state index in [1.165, 1.54) is 0 Å². The van der Waals surface area contributed by atoms with Gasteiger partial charge in [-0.05, 0) is 0 Å². The molecule has 0 aliphatic heterocycles. The number of fused-ring (bicyclic) bond motifs is 2. The lowest BCUT2D eigenvalue weighted by Gasteiger charge is -2.43. The lowest BCUT2D eigenvalue weighted by molar-refractivity contribution is 0.182. The van der Waals surface area contributed by atoms with E-state index in [2.05, 4.69) is 0 Å². The number of alkyl halides is 5. The summed E-state index contributed by atoms with van der Waals surface area (Å²) in [5.41, 5.74) is -1.62. The van der Waals surface area contributed by atoms with Gasteiger partial charge in [-0.1, -0.05) is 90.4 Å². The van der Waals surface area contributed by atoms with Crippen LogP contribution in [-0.4, -0.2) is 13.5 Å². The lowest BCUT2D eigenvalue weighted by atomic mass is 9.70. The van der Waals surface area contributed by atoms with Crippen molar-refractivity contribution in [3.63, 3.8) is 0 Å². The van der Waals surface area contributed by atoms with Crippen molar-refractivity contribution in [1.29, 1.82) is 0 Å². The van der Waals surface area contributed by atoms with Gasteiger partial charge >= 0.3 is 0 Å². The molecule has 2 unspecified atom stereocenters. The Balaban J connectivity index is 2.93. The predicted molar refractivity (Wildman–Crippen MR) is 78.1 cm³/mol. The zero-order chi connectivity index (χ0) is 13.7. The minimum atomic E-state index is -1.64. The molecule has 2 aliphatic rings. The third-order valence-corrected chi connectivity index (χ3v) is 9.72.